The van der Waals surface area contributed by atoms with Crippen molar-refractivity contribution in [3.8, 4) is 5.69 Å². The normalized spacial score (nSPS) is 16.5. The van der Waals surface area contributed by atoms with Crippen LogP contribution >= 0.6 is 0 Å². The number of carbonyl (C=O) groups excluding carboxylic acids is 2. The first-order valence-corrected chi connectivity index (χ1v) is 10.5. The predicted molar refractivity (Wildman–Crippen MR) is 117 cm³/mol. The average molecular weight is 421 g/mol. The lowest BCUT2D eigenvalue weighted by Gasteiger charge is -2.35. The Balaban J connectivity index is 1.71. The molecule has 1 aliphatic heterocycles. The molecule has 0 bridgehead atoms. The number of para-hydroxylation sites is 1. The van der Waals surface area contributed by atoms with Crippen LogP contribution in [0, 0.1) is 27.7 Å². The van der Waals surface area contributed by atoms with Crippen molar-refractivity contribution in [3.63, 3.8) is 0 Å². The summed E-state index contributed by atoms with van der Waals surface area (Å²) in [5.74, 6) is -0.247. The van der Waals surface area contributed by atoms with Crippen LogP contribution in [-0.4, -0.2) is 49.4 Å². The van der Waals surface area contributed by atoms with E-state index in [0.717, 1.165) is 39.6 Å². The minimum Gasteiger partial charge on any atom is -0.352 e. The topological polar surface area (TPSA) is 85.1 Å². The van der Waals surface area contributed by atoms with Gasteiger partial charge in [-0.1, -0.05) is 18.2 Å². The first-order chi connectivity index (χ1) is 14.8. The first-order valence-electron chi connectivity index (χ1n) is 10.5. The number of rotatable bonds is 4. The highest BCUT2D eigenvalue weighted by Crippen LogP contribution is 2.31. The lowest BCUT2D eigenvalue weighted by atomic mass is 9.99. The predicted octanol–water partition coefficient (Wildman–Crippen LogP) is 2.08. The second-order valence-corrected chi connectivity index (χ2v) is 8.06. The number of aromatic nitrogens is 4. The number of carbonyl (C=O) groups is 2. The molecular formula is C23H28N6O2. The summed E-state index contributed by atoms with van der Waals surface area (Å²) in [5, 5.41) is 12.0. The molecule has 31 heavy (non-hydrogen) atoms. The molecule has 1 fully saturated rings. The van der Waals surface area contributed by atoms with Crippen LogP contribution in [0.4, 0.5) is 0 Å². The third-order valence-electron chi connectivity index (χ3n) is 6.14. The summed E-state index contributed by atoms with van der Waals surface area (Å²) in [6.45, 7) is 8.61. The Morgan fingerprint density at radius 1 is 1.06 bits per heavy atom. The van der Waals surface area contributed by atoms with Gasteiger partial charge in [0.1, 0.15) is 6.04 Å². The van der Waals surface area contributed by atoms with Gasteiger partial charge in [-0.25, -0.2) is 4.68 Å². The van der Waals surface area contributed by atoms with E-state index in [1.54, 1.807) is 9.58 Å². The van der Waals surface area contributed by atoms with Crippen molar-refractivity contribution in [2.24, 2.45) is 7.05 Å². The van der Waals surface area contributed by atoms with E-state index in [-0.39, 0.29) is 18.2 Å². The van der Waals surface area contributed by atoms with Crippen molar-refractivity contribution in [2.75, 3.05) is 13.1 Å². The lowest BCUT2D eigenvalue weighted by molar-refractivity contribution is -0.143. The van der Waals surface area contributed by atoms with Crippen molar-refractivity contribution in [2.45, 2.75) is 40.2 Å². The van der Waals surface area contributed by atoms with Crippen LogP contribution in [-0.2, 0) is 23.1 Å². The van der Waals surface area contributed by atoms with Gasteiger partial charge in [0, 0.05) is 42.7 Å². The third-order valence-corrected chi connectivity index (χ3v) is 6.14. The van der Waals surface area contributed by atoms with Gasteiger partial charge in [0.2, 0.25) is 11.8 Å². The molecule has 2 amide bonds. The number of amides is 2. The summed E-state index contributed by atoms with van der Waals surface area (Å²) in [4.78, 5) is 28.1. The lowest BCUT2D eigenvalue weighted by Crippen LogP contribution is -2.52. The molecule has 3 heterocycles. The van der Waals surface area contributed by atoms with Gasteiger partial charge in [-0.3, -0.25) is 14.3 Å². The molecule has 8 nitrogen and oxygen atoms in total. The molecule has 0 aliphatic carbocycles. The Morgan fingerprint density at radius 2 is 1.77 bits per heavy atom. The van der Waals surface area contributed by atoms with E-state index >= 15 is 0 Å². The first kappa shape index (κ1) is 20.8. The molecule has 162 valence electrons. The molecule has 1 unspecified atom stereocenters. The van der Waals surface area contributed by atoms with Crippen molar-refractivity contribution in [1.29, 1.82) is 0 Å². The summed E-state index contributed by atoms with van der Waals surface area (Å²) < 4.78 is 3.63. The van der Waals surface area contributed by atoms with Gasteiger partial charge in [0.25, 0.3) is 0 Å². The van der Waals surface area contributed by atoms with Crippen LogP contribution in [0.3, 0.4) is 0 Å². The number of hydrogen-bond donors (Lipinski definition) is 1. The quantitative estimate of drug-likeness (QED) is 0.700. The number of benzene rings is 1. The van der Waals surface area contributed by atoms with Crippen molar-refractivity contribution < 1.29 is 9.59 Å². The molecule has 0 radical (unpaired) electrons. The fraction of sp³-hybridized carbons (Fsp3) is 0.391. The van der Waals surface area contributed by atoms with Gasteiger partial charge in [0.15, 0.2) is 0 Å². The maximum atomic E-state index is 13.4. The highest BCUT2D eigenvalue weighted by atomic mass is 16.2. The molecule has 0 spiro atoms. The number of aryl methyl sites for hydroxylation is 3. The molecule has 1 aromatic carbocycles. The third kappa shape index (κ3) is 3.62. The average Bonchev–Trinajstić information content (AvgIpc) is 3.17. The molecule has 4 rings (SSSR count). The largest absolute Gasteiger partial charge is 0.352 e. The maximum absolute atomic E-state index is 13.4. The SMILES string of the molecule is Cc1nn(C)c(C)c1CC(=O)N1CCNC(=O)C1c1c(C)nn(-c2ccccc2)c1C. The minimum absolute atomic E-state index is 0.0784. The van der Waals surface area contributed by atoms with Crippen LogP contribution in [0.5, 0.6) is 0 Å². The van der Waals surface area contributed by atoms with E-state index in [9.17, 15) is 9.59 Å². The fourth-order valence-electron chi connectivity index (χ4n) is 4.42. The molecule has 1 atom stereocenters. The van der Waals surface area contributed by atoms with Gasteiger partial charge in [0.05, 0.1) is 23.5 Å². The number of piperazine rings is 1. The zero-order chi connectivity index (χ0) is 22.3. The maximum Gasteiger partial charge on any atom is 0.247 e. The Morgan fingerprint density at radius 3 is 2.42 bits per heavy atom. The van der Waals surface area contributed by atoms with E-state index in [4.69, 9.17) is 0 Å². The van der Waals surface area contributed by atoms with Crippen LogP contribution in [0.15, 0.2) is 30.3 Å². The molecule has 1 aliphatic rings. The van der Waals surface area contributed by atoms with Gasteiger partial charge in [-0.15, -0.1) is 0 Å². The smallest absolute Gasteiger partial charge is 0.247 e. The molecule has 8 heteroatoms. The molecule has 2 aromatic heterocycles. The van der Waals surface area contributed by atoms with E-state index in [2.05, 4.69) is 15.5 Å². The second-order valence-electron chi connectivity index (χ2n) is 8.06. The van der Waals surface area contributed by atoms with Crippen LogP contribution in [0.2, 0.25) is 0 Å². The minimum atomic E-state index is -0.698. The van der Waals surface area contributed by atoms with E-state index < -0.39 is 6.04 Å². The monoisotopic (exact) mass is 420 g/mol. The van der Waals surface area contributed by atoms with Crippen molar-refractivity contribution >= 4 is 11.8 Å². The standard InChI is InChI=1S/C23H28N6O2/c1-14-19(16(3)27(5)25-14)13-20(30)28-12-11-24-23(31)22(28)21-15(2)26-29(17(21)4)18-9-7-6-8-10-18/h6-10,22H,11-13H2,1-5H3,(H,24,31). The summed E-state index contributed by atoms with van der Waals surface area (Å²) in [6, 6.07) is 9.10. The van der Waals surface area contributed by atoms with E-state index in [0.29, 0.717) is 13.1 Å². The van der Waals surface area contributed by atoms with Crippen LogP contribution in [0.1, 0.15) is 39.9 Å². The molecule has 3 aromatic rings. The number of nitrogens with zero attached hydrogens (tertiary/aromatic N) is 5. The van der Waals surface area contributed by atoms with Gasteiger partial charge in [-0.05, 0) is 39.8 Å². The number of hydrogen-bond acceptors (Lipinski definition) is 4. The molecule has 0 saturated carbocycles. The Hall–Kier alpha value is -3.42. The van der Waals surface area contributed by atoms with Gasteiger partial charge >= 0.3 is 0 Å². The number of nitrogens with one attached hydrogen (secondary N) is 1. The highest BCUT2D eigenvalue weighted by Gasteiger charge is 2.38. The zero-order valence-corrected chi connectivity index (χ0v) is 18.6. The Kier molecular flexibility index (Phi) is 5.39. The summed E-state index contributed by atoms with van der Waals surface area (Å²) >= 11 is 0. The fourth-order valence-corrected chi connectivity index (χ4v) is 4.42. The van der Waals surface area contributed by atoms with Crippen LogP contribution < -0.4 is 5.32 Å². The highest BCUT2D eigenvalue weighted by molar-refractivity contribution is 5.91. The van der Waals surface area contributed by atoms with Gasteiger partial charge in [-0.2, -0.15) is 10.2 Å². The van der Waals surface area contributed by atoms with E-state index in [1.807, 2.05) is 69.8 Å². The molecule has 1 N–H and O–H groups in total. The van der Waals surface area contributed by atoms with Crippen LogP contribution in [0.25, 0.3) is 5.69 Å². The Bertz CT molecular complexity index is 1140. The van der Waals surface area contributed by atoms with E-state index in [1.165, 1.54) is 0 Å². The zero-order valence-electron chi connectivity index (χ0n) is 18.6. The molecule has 1 saturated heterocycles. The summed E-state index contributed by atoms with van der Waals surface area (Å²) in [6.07, 6.45) is 0.222. The summed E-state index contributed by atoms with van der Waals surface area (Å²) in [7, 11) is 1.87. The summed E-state index contributed by atoms with van der Waals surface area (Å²) in [5.41, 5.74) is 6.04. The van der Waals surface area contributed by atoms with Crippen molar-refractivity contribution in [3.05, 3.63) is 64.2 Å². The Labute approximate surface area is 181 Å². The molecular weight excluding hydrogens is 392 g/mol. The second kappa shape index (κ2) is 8.02. The van der Waals surface area contributed by atoms with Gasteiger partial charge < -0.3 is 10.2 Å². The van der Waals surface area contributed by atoms with Crippen molar-refractivity contribution in [1.82, 2.24) is 29.8 Å².